The van der Waals surface area contributed by atoms with Crippen molar-refractivity contribution in [2.75, 3.05) is 19.8 Å². The van der Waals surface area contributed by atoms with Crippen molar-refractivity contribution in [2.24, 2.45) is 5.92 Å². The van der Waals surface area contributed by atoms with Gasteiger partial charge in [-0.1, -0.05) is 60.7 Å². The fourth-order valence-corrected chi connectivity index (χ4v) is 2.81. The summed E-state index contributed by atoms with van der Waals surface area (Å²) in [6.07, 6.45) is 0.790. The lowest BCUT2D eigenvalue weighted by Gasteiger charge is -2.21. The van der Waals surface area contributed by atoms with Crippen LogP contribution in [-0.4, -0.2) is 25.7 Å². The van der Waals surface area contributed by atoms with Gasteiger partial charge < -0.3 is 14.8 Å². The Morgan fingerprint density at radius 2 is 1.83 bits per heavy atom. The molecule has 2 aromatic carbocycles. The van der Waals surface area contributed by atoms with Crippen LogP contribution >= 0.6 is 0 Å². The Morgan fingerprint density at radius 3 is 2.50 bits per heavy atom. The van der Waals surface area contributed by atoms with Crippen LogP contribution < -0.4 is 5.32 Å². The lowest BCUT2D eigenvalue weighted by Crippen LogP contribution is -2.36. The number of amides is 1. The molecule has 0 unspecified atom stereocenters. The molecular weight excluding hydrogens is 302 g/mol. The first-order valence-corrected chi connectivity index (χ1v) is 8.37. The molecule has 24 heavy (non-hydrogen) atoms. The van der Waals surface area contributed by atoms with Crippen molar-refractivity contribution in [3.8, 4) is 0 Å². The monoisotopic (exact) mass is 325 g/mol. The lowest BCUT2D eigenvalue weighted by molar-refractivity contribution is -0.126. The standard InChI is InChI=1S/C20H23NO3/c22-20(18-11-12-23-14-18)21-19(17-9-5-2-6-10-17)15-24-13-16-7-3-1-4-8-16/h1-10,18-19H,11-15H2,(H,21,22)/t18-,19+/m0/s1. The summed E-state index contributed by atoms with van der Waals surface area (Å²) in [4.78, 5) is 12.4. The van der Waals surface area contributed by atoms with Crippen LogP contribution in [-0.2, 0) is 20.9 Å². The summed E-state index contributed by atoms with van der Waals surface area (Å²) >= 11 is 0. The molecule has 2 atom stereocenters. The van der Waals surface area contributed by atoms with E-state index < -0.39 is 0 Å². The van der Waals surface area contributed by atoms with E-state index in [0.717, 1.165) is 17.5 Å². The first-order chi connectivity index (χ1) is 11.8. The van der Waals surface area contributed by atoms with Crippen molar-refractivity contribution in [1.82, 2.24) is 5.32 Å². The molecule has 0 aliphatic carbocycles. The molecule has 1 amide bonds. The highest BCUT2D eigenvalue weighted by Gasteiger charge is 2.26. The predicted octanol–water partition coefficient (Wildman–Crippen LogP) is 3.10. The van der Waals surface area contributed by atoms with Crippen LogP contribution in [0.5, 0.6) is 0 Å². The highest BCUT2D eigenvalue weighted by atomic mass is 16.5. The second-order valence-corrected chi connectivity index (χ2v) is 6.03. The quantitative estimate of drug-likeness (QED) is 0.851. The molecule has 2 aromatic rings. The van der Waals surface area contributed by atoms with Crippen molar-refractivity contribution >= 4 is 5.91 Å². The summed E-state index contributed by atoms with van der Waals surface area (Å²) in [5.41, 5.74) is 2.18. The van der Waals surface area contributed by atoms with Crippen molar-refractivity contribution in [1.29, 1.82) is 0 Å². The Morgan fingerprint density at radius 1 is 1.12 bits per heavy atom. The van der Waals surface area contributed by atoms with E-state index in [4.69, 9.17) is 9.47 Å². The SMILES string of the molecule is O=C(N[C@H](COCc1ccccc1)c1ccccc1)[C@H]1CCOC1. The third kappa shape index (κ3) is 4.66. The maximum Gasteiger partial charge on any atom is 0.226 e. The highest BCUT2D eigenvalue weighted by Crippen LogP contribution is 2.18. The topological polar surface area (TPSA) is 47.6 Å². The average molecular weight is 325 g/mol. The zero-order chi connectivity index (χ0) is 16.6. The van der Waals surface area contributed by atoms with Crippen LogP contribution in [0, 0.1) is 5.92 Å². The van der Waals surface area contributed by atoms with Crippen molar-refractivity contribution < 1.29 is 14.3 Å². The van der Waals surface area contributed by atoms with Gasteiger partial charge in [-0.25, -0.2) is 0 Å². The van der Waals surface area contributed by atoms with Gasteiger partial charge in [-0.3, -0.25) is 4.79 Å². The number of ether oxygens (including phenoxy) is 2. The molecule has 0 radical (unpaired) electrons. The van der Waals surface area contributed by atoms with E-state index in [2.05, 4.69) is 5.32 Å². The molecule has 0 aromatic heterocycles. The van der Waals surface area contributed by atoms with E-state index >= 15 is 0 Å². The van der Waals surface area contributed by atoms with Gasteiger partial charge in [0, 0.05) is 6.61 Å². The van der Waals surface area contributed by atoms with Crippen LogP contribution in [0.15, 0.2) is 60.7 Å². The number of rotatable bonds is 7. The summed E-state index contributed by atoms with van der Waals surface area (Å²) < 4.78 is 11.2. The first-order valence-electron chi connectivity index (χ1n) is 8.37. The Kier molecular flexibility index (Phi) is 5.99. The molecular formula is C20H23NO3. The molecule has 3 rings (SSSR count). The summed E-state index contributed by atoms with van der Waals surface area (Å²) in [7, 11) is 0. The molecule has 0 bridgehead atoms. The van der Waals surface area contributed by atoms with Crippen LogP contribution in [0.4, 0.5) is 0 Å². The summed E-state index contributed by atoms with van der Waals surface area (Å²) in [5, 5.41) is 3.12. The van der Waals surface area contributed by atoms with Gasteiger partial charge in [-0.15, -0.1) is 0 Å². The van der Waals surface area contributed by atoms with Crippen molar-refractivity contribution in [3.63, 3.8) is 0 Å². The Hall–Kier alpha value is -2.17. The van der Waals surface area contributed by atoms with E-state index in [9.17, 15) is 4.79 Å². The summed E-state index contributed by atoms with van der Waals surface area (Å²) in [6.45, 7) is 2.15. The van der Waals surface area contributed by atoms with Gasteiger partial charge in [-0.05, 0) is 17.5 Å². The Bertz CT molecular complexity index is 624. The minimum Gasteiger partial charge on any atom is -0.381 e. The second-order valence-electron chi connectivity index (χ2n) is 6.03. The van der Waals surface area contributed by atoms with Gasteiger partial charge >= 0.3 is 0 Å². The third-order valence-corrected chi connectivity index (χ3v) is 4.21. The van der Waals surface area contributed by atoms with E-state index in [1.54, 1.807) is 0 Å². The molecule has 1 saturated heterocycles. The second kappa shape index (κ2) is 8.62. The van der Waals surface area contributed by atoms with Crippen molar-refractivity contribution in [2.45, 2.75) is 19.1 Å². The summed E-state index contributed by atoms with van der Waals surface area (Å²) in [5.74, 6) is -0.00463. The molecule has 1 fully saturated rings. The van der Waals surface area contributed by atoms with Gasteiger partial charge in [0.2, 0.25) is 5.91 Å². The lowest BCUT2D eigenvalue weighted by atomic mass is 10.0. The normalized spacial score (nSPS) is 18.2. The molecule has 1 N–H and O–H groups in total. The number of hydrogen-bond donors (Lipinski definition) is 1. The molecule has 0 spiro atoms. The highest BCUT2D eigenvalue weighted by molar-refractivity contribution is 5.79. The van der Waals surface area contributed by atoms with Gasteiger partial charge in [0.15, 0.2) is 0 Å². The van der Waals surface area contributed by atoms with E-state index in [-0.39, 0.29) is 17.9 Å². The minimum atomic E-state index is -0.150. The zero-order valence-corrected chi connectivity index (χ0v) is 13.7. The Labute approximate surface area is 142 Å². The largest absolute Gasteiger partial charge is 0.381 e. The number of carbonyl (C=O) groups is 1. The molecule has 126 valence electrons. The van der Waals surface area contributed by atoms with Crippen LogP contribution in [0.25, 0.3) is 0 Å². The van der Waals surface area contributed by atoms with E-state index in [0.29, 0.717) is 26.4 Å². The molecule has 1 heterocycles. The molecule has 4 nitrogen and oxygen atoms in total. The third-order valence-electron chi connectivity index (χ3n) is 4.21. The maximum atomic E-state index is 12.4. The number of benzene rings is 2. The maximum absolute atomic E-state index is 12.4. The number of carbonyl (C=O) groups excluding carboxylic acids is 1. The predicted molar refractivity (Wildman–Crippen MR) is 92.3 cm³/mol. The van der Waals surface area contributed by atoms with Crippen LogP contribution in [0.1, 0.15) is 23.6 Å². The first kappa shape index (κ1) is 16.7. The zero-order valence-electron chi connectivity index (χ0n) is 13.7. The van der Waals surface area contributed by atoms with Gasteiger partial charge in [-0.2, -0.15) is 0 Å². The number of nitrogens with one attached hydrogen (secondary N) is 1. The number of hydrogen-bond acceptors (Lipinski definition) is 3. The fraction of sp³-hybridized carbons (Fsp3) is 0.350. The Balaban J connectivity index is 1.60. The van der Waals surface area contributed by atoms with Gasteiger partial charge in [0.1, 0.15) is 0 Å². The minimum absolute atomic E-state index is 0.0460. The van der Waals surface area contributed by atoms with Gasteiger partial charge in [0.05, 0.1) is 31.8 Å². The average Bonchev–Trinajstić information content (AvgIpc) is 3.17. The fourth-order valence-electron chi connectivity index (χ4n) is 2.81. The van der Waals surface area contributed by atoms with Crippen LogP contribution in [0.2, 0.25) is 0 Å². The van der Waals surface area contributed by atoms with Gasteiger partial charge in [0.25, 0.3) is 0 Å². The smallest absolute Gasteiger partial charge is 0.226 e. The van der Waals surface area contributed by atoms with Crippen molar-refractivity contribution in [3.05, 3.63) is 71.8 Å². The summed E-state index contributed by atoms with van der Waals surface area (Å²) in [6, 6.07) is 19.8. The molecule has 0 saturated carbocycles. The molecule has 1 aliphatic heterocycles. The van der Waals surface area contributed by atoms with Crippen LogP contribution in [0.3, 0.4) is 0 Å². The van der Waals surface area contributed by atoms with E-state index in [1.807, 2.05) is 60.7 Å². The molecule has 4 heteroatoms. The van der Waals surface area contributed by atoms with E-state index in [1.165, 1.54) is 0 Å². The molecule has 1 aliphatic rings.